The van der Waals surface area contributed by atoms with Crippen LogP contribution >= 0.6 is 68.0 Å². The van der Waals surface area contributed by atoms with E-state index in [-0.39, 0.29) is 0 Å². The first-order valence-corrected chi connectivity index (χ1v) is 28.3. The van der Waals surface area contributed by atoms with Gasteiger partial charge in [-0.3, -0.25) is 29.4 Å². The molecule has 0 fully saturated rings. The van der Waals surface area contributed by atoms with Gasteiger partial charge in [-0.05, 0) is 146 Å². The fourth-order valence-corrected chi connectivity index (χ4v) is 15.8. The number of rotatable bonds is 6. The molecule has 6 aromatic carbocycles. The maximum absolute atomic E-state index is 2.41. The summed E-state index contributed by atoms with van der Waals surface area (Å²) in [5.74, 6) is 0. The van der Waals surface area contributed by atoms with Crippen LogP contribution in [-0.2, 0) is 0 Å². The lowest BCUT2D eigenvalue weighted by Gasteiger charge is -2.25. The fraction of sp³-hybridized carbons (Fsp3) is 0. The Bertz CT molecular complexity index is 2950. The molecule has 348 valence electrons. The van der Waals surface area contributed by atoms with E-state index in [1.54, 1.807) is 68.0 Å². The topological polar surface area (TPSA) is 19.4 Å². The Labute approximate surface area is 442 Å². The molecule has 0 radical (unpaired) electrons. The van der Waals surface area contributed by atoms with Crippen LogP contribution < -0.4 is 29.4 Å². The van der Waals surface area contributed by atoms with E-state index in [0.29, 0.717) is 0 Å². The first kappa shape index (κ1) is 44.3. The summed E-state index contributed by atoms with van der Waals surface area (Å²) in [5.41, 5.74) is 6.60. The van der Waals surface area contributed by atoms with Crippen LogP contribution in [0.5, 0.6) is 0 Å². The molecule has 0 aliphatic carbocycles. The first-order chi connectivity index (χ1) is 35.7. The molecule has 0 amide bonds. The number of hydrogen-bond donors (Lipinski definition) is 0. The van der Waals surface area contributed by atoms with Crippen molar-refractivity contribution in [3.05, 3.63) is 255 Å². The van der Waals surface area contributed by atoms with E-state index in [1.165, 1.54) is 0 Å². The molecule has 12 aromatic rings. The molecule has 1 aliphatic rings. The van der Waals surface area contributed by atoms with Crippen LogP contribution in [0.1, 0.15) is 0 Å². The highest BCUT2D eigenvalue weighted by atomic mass is 32.1. The van der Waals surface area contributed by atoms with E-state index in [4.69, 9.17) is 0 Å². The van der Waals surface area contributed by atoms with E-state index in [9.17, 15) is 0 Å². The normalized spacial score (nSPS) is 12.8. The van der Waals surface area contributed by atoms with Crippen LogP contribution in [0.4, 0.5) is 94.1 Å². The molecule has 0 atom stereocenters. The van der Waals surface area contributed by atoms with Gasteiger partial charge in [0.2, 0.25) is 0 Å². The van der Waals surface area contributed by atoms with Crippen molar-refractivity contribution in [1.82, 2.24) is 0 Å². The lowest BCUT2D eigenvalue weighted by atomic mass is 10.3. The van der Waals surface area contributed by atoms with Gasteiger partial charge in [-0.15, -0.1) is 0 Å². The zero-order valence-corrected chi connectivity index (χ0v) is 43.3. The van der Waals surface area contributed by atoms with Gasteiger partial charge in [0.05, 0.1) is 0 Å². The minimum atomic E-state index is 1.10. The number of nitrogens with zero attached hydrogens (tertiary/aromatic N) is 6. The Morgan fingerprint density at radius 3 is 0.361 bits per heavy atom. The van der Waals surface area contributed by atoms with E-state index in [1.807, 2.05) is 0 Å². The minimum absolute atomic E-state index is 1.10. The zero-order valence-electron chi connectivity index (χ0n) is 38.4. The molecule has 6 aromatic heterocycles. The Balaban J connectivity index is 1.03. The average Bonchev–Trinajstić information content (AvgIpc) is 4.32. The predicted octanol–water partition coefficient (Wildman–Crippen LogP) is 21.2. The number of para-hydroxylation sites is 6. The van der Waals surface area contributed by atoms with Crippen molar-refractivity contribution >= 4 is 162 Å². The Morgan fingerprint density at radius 2 is 0.250 bits per heavy atom. The van der Waals surface area contributed by atoms with E-state index >= 15 is 0 Å². The van der Waals surface area contributed by atoms with Crippen molar-refractivity contribution in [2.24, 2.45) is 0 Å². The summed E-state index contributed by atoms with van der Waals surface area (Å²) < 4.78 is 0. The number of benzene rings is 6. The molecular weight excluding hydrogens is 997 g/mol. The standard InChI is InChI=1S/C60H42N6S6/c1-7-19-43(20-8-1)61-49-31-33-51(67-49)62(44-21-9-2-10-22-44)53-35-37-55(69-53)64(46-25-13-4-14-26-46)57-39-41-59(71-57)66(48-29-17-6-18-30-48)60-42-40-58(72-60)65(47-27-15-5-16-28-47)56-38-36-54(70-56)63(45-23-11-3-12-24-45)52-34-32-50(61)68-52/h1-42H. The molecule has 12 bridgehead atoms. The van der Waals surface area contributed by atoms with Crippen LogP contribution in [-0.4, -0.2) is 0 Å². The highest BCUT2D eigenvalue weighted by Crippen LogP contribution is 2.56. The monoisotopic (exact) mass is 1040 g/mol. The molecule has 0 saturated carbocycles. The lowest BCUT2D eigenvalue weighted by molar-refractivity contribution is 1.35. The van der Waals surface area contributed by atoms with Crippen molar-refractivity contribution < 1.29 is 0 Å². The van der Waals surface area contributed by atoms with Crippen LogP contribution in [0, 0.1) is 0 Å². The second-order valence-corrected chi connectivity index (χ2v) is 22.9. The lowest BCUT2D eigenvalue weighted by Crippen LogP contribution is -2.08. The quantitative estimate of drug-likeness (QED) is 0.164. The Hall–Kier alpha value is -7.68. The van der Waals surface area contributed by atoms with Crippen molar-refractivity contribution in [1.29, 1.82) is 0 Å². The highest BCUT2D eigenvalue weighted by Gasteiger charge is 2.28. The molecule has 0 spiro atoms. The third-order valence-corrected chi connectivity index (χ3v) is 18.5. The van der Waals surface area contributed by atoms with Crippen molar-refractivity contribution in [3.8, 4) is 0 Å². The number of fused-ring (bicyclic) bond motifs is 12. The molecule has 1 aliphatic heterocycles. The van der Waals surface area contributed by atoms with Crippen LogP contribution in [0.3, 0.4) is 0 Å². The smallest absolute Gasteiger partial charge is 0.103 e. The third-order valence-electron chi connectivity index (χ3n) is 12.2. The van der Waals surface area contributed by atoms with E-state index < -0.39 is 0 Å². The minimum Gasteiger partial charge on any atom is -0.293 e. The highest BCUT2D eigenvalue weighted by molar-refractivity contribution is 7.25. The predicted molar refractivity (Wildman–Crippen MR) is 315 cm³/mol. The fourth-order valence-electron chi connectivity index (χ4n) is 8.99. The molecule has 12 heteroatoms. The zero-order chi connectivity index (χ0) is 47.8. The average molecular weight is 1040 g/mol. The van der Waals surface area contributed by atoms with E-state index in [2.05, 4.69) is 284 Å². The summed E-state index contributed by atoms with van der Waals surface area (Å²) in [6, 6.07) is 91.8. The van der Waals surface area contributed by atoms with Gasteiger partial charge in [0.25, 0.3) is 0 Å². The van der Waals surface area contributed by atoms with Crippen molar-refractivity contribution in [2.75, 3.05) is 29.4 Å². The van der Waals surface area contributed by atoms with Crippen LogP contribution in [0.15, 0.2) is 255 Å². The van der Waals surface area contributed by atoms with Gasteiger partial charge in [-0.1, -0.05) is 177 Å². The van der Waals surface area contributed by atoms with Crippen molar-refractivity contribution in [2.45, 2.75) is 0 Å². The summed E-state index contributed by atoms with van der Waals surface area (Å²) in [4.78, 5) is 14.4. The second kappa shape index (κ2) is 19.5. The van der Waals surface area contributed by atoms with Crippen LogP contribution in [0.25, 0.3) is 0 Å². The molecule has 0 saturated heterocycles. The number of hydrogen-bond acceptors (Lipinski definition) is 12. The van der Waals surface area contributed by atoms with Gasteiger partial charge < -0.3 is 0 Å². The molecule has 72 heavy (non-hydrogen) atoms. The van der Waals surface area contributed by atoms with Gasteiger partial charge in [0.15, 0.2) is 0 Å². The van der Waals surface area contributed by atoms with Gasteiger partial charge >= 0.3 is 0 Å². The summed E-state index contributed by atoms with van der Waals surface area (Å²) in [5, 5.41) is 13.4. The summed E-state index contributed by atoms with van der Waals surface area (Å²) in [6.07, 6.45) is 0. The maximum atomic E-state index is 2.41. The van der Waals surface area contributed by atoms with Gasteiger partial charge in [0, 0.05) is 34.1 Å². The largest absolute Gasteiger partial charge is 0.293 e. The number of anilines is 18. The Kier molecular flexibility index (Phi) is 12.0. The molecule has 7 heterocycles. The summed E-state index contributed by atoms with van der Waals surface area (Å²) in [6.45, 7) is 0. The van der Waals surface area contributed by atoms with E-state index in [0.717, 1.165) is 94.1 Å². The number of thiophene rings is 6. The molecule has 0 N–H and O–H groups in total. The maximum Gasteiger partial charge on any atom is 0.103 e. The third kappa shape index (κ3) is 8.47. The Morgan fingerprint density at radius 1 is 0.139 bits per heavy atom. The van der Waals surface area contributed by atoms with Gasteiger partial charge in [0.1, 0.15) is 60.0 Å². The second-order valence-electron chi connectivity index (χ2n) is 16.7. The van der Waals surface area contributed by atoms with Gasteiger partial charge in [-0.25, -0.2) is 0 Å². The molecule has 13 rings (SSSR count). The molecular formula is C60H42N6S6. The SMILES string of the molecule is c1ccc(N2c3ccc(s3)N(c3ccccc3)c3ccc(s3)N(c3ccccc3)c3ccc(s3)N(c3ccccc3)c3ccc(s3)N(c3ccccc3)c3ccc(s3)N(c3ccccc3)c3ccc2s3)cc1. The van der Waals surface area contributed by atoms with Crippen molar-refractivity contribution in [3.63, 3.8) is 0 Å². The summed E-state index contributed by atoms with van der Waals surface area (Å²) >= 11 is 10.8. The molecule has 0 unspecified atom stereocenters. The van der Waals surface area contributed by atoms with Gasteiger partial charge in [-0.2, -0.15) is 0 Å². The molecule has 6 nitrogen and oxygen atoms in total. The first-order valence-electron chi connectivity index (χ1n) is 23.4. The van der Waals surface area contributed by atoms with Crippen LogP contribution in [0.2, 0.25) is 0 Å². The summed E-state index contributed by atoms with van der Waals surface area (Å²) in [7, 11) is 0.